The quantitative estimate of drug-likeness (QED) is 0.738. The second kappa shape index (κ2) is 6.31. The van der Waals surface area contributed by atoms with Gasteiger partial charge >= 0.3 is 0 Å². The molecule has 0 spiro atoms. The molecule has 0 N–H and O–H groups in total. The maximum atomic E-state index is 12.8. The topological polar surface area (TPSA) is 51.0 Å². The molecule has 0 saturated carbocycles. The van der Waals surface area contributed by atoms with E-state index < -0.39 is 0 Å². The Morgan fingerprint density at radius 2 is 2.16 bits per heavy atom. The van der Waals surface area contributed by atoms with Crippen molar-refractivity contribution in [1.82, 2.24) is 19.4 Å². The minimum atomic E-state index is 0.114. The first kappa shape index (κ1) is 15.8. The van der Waals surface area contributed by atoms with Crippen molar-refractivity contribution < 1.29 is 4.79 Å². The van der Waals surface area contributed by atoms with Crippen LogP contribution in [0.5, 0.6) is 0 Å². The highest BCUT2D eigenvalue weighted by Crippen LogP contribution is 2.29. The number of fused-ring (bicyclic) bond motifs is 1. The number of pyridine rings is 1. The van der Waals surface area contributed by atoms with Gasteiger partial charge in [-0.05, 0) is 44.5 Å². The van der Waals surface area contributed by atoms with Gasteiger partial charge in [0.15, 0.2) is 5.65 Å². The smallest absolute Gasteiger partial charge is 0.253 e. The summed E-state index contributed by atoms with van der Waals surface area (Å²) < 4.78 is 2.18. The van der Waals surface area contributed by atoms with E-state index in [-0.39, 0.29) is 11.8 Å². The summed E-state index contributed by atoms with van der Waals surface area (Å²) in [5.41, 5.74) is 3.75. The second-order valence-electron chi connectivity index (χ2n) is 6.67. The van der Waals surface area contributed by atoms with Crippen molar-refractivity contribution >= 4 is 17.1 Å². The van der Waals surface area contributed by atoms with E-state index in [1.165, 1.54) is 0 Å². The number of hydrogen-bond acceptors (Lipinski definition) is 3. The fraction of sp³-hybridized carbons (Fsp3) is 0.350. The number of hydrogen-bond donors (Lipinski definition) is 0. The average molecular weight is 334 g/mol. The van der Waals surface area contributed by atoms with Crippen molar-refractivity contribution in [2.24, 2.45) is 0 Å². The molecule has 0 aliphatic carbocycles. The van der Waals surface area contributed by atoms with Gasteiger partial charge in [0.25, 0.3) is 5.91 Å². The van der Waals surface area contributed by atoms with E-state index in [0.717, 1.165) is 54.2 Å². The van der Waals surface area contributed by atoms with Crippen LogP contribution in [0.15, 0.2) is 42.6 Å². The van der Waals surface area contributed by atoms with E-state index in [4.69, 9.17) is 4.98 Å². The summed E-state index contributed by atoms with van der Waals surface area (Å²) in [6.07, 6.45) is 2.75. The van der Waals surface area contributed by atoms with Gasteiger partial charge in [-0.25, -0.2) is 9.97 Å². The van der Waals surface area contributed by atoms with Gasteiger partial charge in [0.05, 0.1) is 0 Å². The lowest BCUT2D eigenvalue weighted by atomic mass is 10.1. The summed E-state index contributed by atoms with van der Waals surface area (Å²) in [5.74, 6) is 1.43. The molecule has 3 aromatic rings. The monoisotopic (exact) mass is 334 g/mol. The molecule has 1 aliphatic rings. The van der Waals surface area contributed by atoms with E-state index in [1.54, 1.807) is 0 Å². The number of imidazole rings is 1. The van der Waals surface area contributed by atoms with Crippen molar-refractivity contribution in [1.29, 1.82) is 0 Å². The molecule has 4 rings (SSSR count). The van der Waals surface area contributed by atoms with Crippen LogP contribution < -0.4 is 0 Å². The van der Waals surface area contributed by atoms with Gasteiger partial charge in [0.2, 0.25) is 0 Å². The molecule has 1 aromatic carbocycles. The highest BCUT2D eigenvalue weighted by molar-refractivity contribution is 5.94. The van der Waals surface area contributed by atoms with Gasteiger partial charge in [-0.3, -0.25) is 4.79 Å². The Labute approximate surface area is 147 Å². The lowest BCUT2D eigenvalue weighted by Crippen LogP contribution is -2.28. The summed E-state index contributed by atoms with van der Waals surface area (Å²) in [6.45, 7) is 6.46. The summed E-state index contributed by atoms with van der Waals surface area (Å²) in [5, 5.41) is 0. The first-order chi connectivity index (χ1) is 12.2. The maximum absolute atomic E-state index is 12.8. The summed E-state index contributed by atoms with van der Waals surface area (Å²) in [4.78, 5) is 24.0. The minimum Gasteiger partial charge on any atom is -0.338 e. The van der Waals surface area contributed by atoms with Crippen LogP contribution in [-0.4, -0.2) is 38.4 Å². The molecule has 2 aromatic heterocycles. The third-order valence-electron chi connectivity index (χ3n) is 4.96. The van der Waals surface area contributed by atoms with Gasteiger partial charge in [-0.2, -0.15) is 0 Å². The molecule has 0 radical (unpaired) electrons. The normalized spacial score (nSPS) is 17.4. The molecule has 128 valence electrons. The molecule has 1 saturated heterocycles. The third-order valence-corrected chi connectivity index (χ3v) is 4.96. The first-order valence-electron chi connectivity index (χ1n) is 8.84. The third kappa shape index (κ3) is 2.80. The summed E-state index contributed by atoms with van der Waals surface area (Å²) >= 11 is 0. The van der Waals surface area contributed by atoms with Gasteiger partial charge in [0.1, 0.15) is 11.3 Å². The number of carbonyl (C=O) groups is 1. The van der Waals surface area contributed by atoms with Crippen LogP contribution in [0.4, 0.5) is 0 Å². The lowest BCUT2D eigenvalue weighted by Gasteiger charge is -2.17. The number of likely N-dealkylation sites (tertiary alicyclic amines) is 1. The molecule has 1 fully saturated rings. The number of carbonyl (C=O) groups excluding carboxylic acids is 1. The van der Waals surface area contributed by atoms with E-state index >= 15 is 0 Å². The Kier molecular flexibility index (Phi) is 3.99. The average Bonchev–Trinajstić information content (AvgIpc) is 3.25. The van der Waals surface area contributed by atoms with Crippen LogP contribution in [0.2, 0.25) is 0 Å². The molecule has 0 bridgehead atoms. The van der Waals surface area contributed by atoms with Crippen LogP contribution in [0.25, 0.3) is 11.2 Å². The fourth-order valence-electron chi connectivity index (χ4n) is 3.72. The summed E-state index contributed by atoms with van der Waals surface area (Å²) in [6, 6.07) is 11.7. The molecule has 0 unspecified atom stereocenters. The highest BCUT2D eigenvalue weighted by atomic mass is 16.2. The first-order valence-corrected chi connectivity index (χ1v) is 8.84. The fourth-order valence-corrected chi connectivity index (χ4v) is 3.72. The number of amides is 1. The van der Waals surface area contributed by atoms with Gasteiger partial charge in [-0.15, -0.1) is 0 Å². The maximum Gasteiger partial charge on any atom is 0.253 e. The van der Waals surface area contributed by atoms with E-state index in [1.807, 2.05) is 54.4 Å². The van der Waals surface area contributed by atoms with E-state index in [2.05, 4.69) is 16.5 Å². The number of rotatable bonds is 3. The van der Waals surface area contributed by atoms with Gasteiger partial charge < -0.3 is 9.47 Å². The highest BCUT2D eigenvalue weighted by Gasteiger charge is 2.31. The van der Waals surface area contributed by atoms with Crippen LogP contribution >= 0.6 is 0 Å². The Balaban J connectivity index is 1.59. The Bertz CT molecular complexity index is 930. The van der Waals surface area contributed by atoms with Crippen molar-refractivity contribution in [2.45, 2.75) is 32.7 Å². The zero-order valence-corrected chi connectivity index (χ0v) is 14.6. The second-order valence-corrected chi connectivity index (χ2v) is 6.67. The minimum absolute atomic E-state index is 0.114. The van der Waals surface area contributed by atoms with Crippen molar-refractivity contribution in [2.75, 3.05) is 13.1 Å². The zero-order chi connectivity index (χ0) is 17.4. The van der Waals surface area contributed by atoms with Crippen LogP contribution in [0.3, 0.4) is 0 Å². The Hall–Kier alpha value is -2.69. The predicted molar refractivity (Wildman–Crippen MR) is 97.6 cm³/mol. The number of nitrogens with zero attached hydrogens (tertiary/aromatic N) is 4. The van der Waals surface area contributed by atoms with Crippen LogP contribution in [0, 0.1) is 6.92 Å². The number of aromatic nitrogens is 3. The summed E-state index contributed by atoms with van der Waals surface area (Å²) in [7, 11) is 0. The molecule has 1 aliphatic heterocycles. The van der Waals surface area contributed by atoms with Gasteiger partial charge in [-0.1, -0.05) is 17.7 Å². The molecule has 3 heterocycles. The SMILES string of the molecule is CCn1c([C@@H]2CCN(C(=O)c3cccc(C)c3)C2)nc2cccnc21. The van der Waals surface area contributed by atoms with Crippen LogP contribution in [-0.2, 0) is 6.54 Å². The van der Waals surface area contributed by atoms with E-state index in [0.29, 0.717) is 0 Å². The number of benzene rings is 1. The van der Waals surface area contributed by atoms with Crippen molar-refractivity contribution in [3.8, 4) is 0 Å². The molecule has 1 atom stereocenters. The largest absolute Gasteiger partial charge is 0.338 e. The predicted octanol–water partition coefficient (Wildman–Crippen LogP) is 3.39. The molecular formula is C20H22N4O. The van der Waals surface area contributed by atoms with Gasteiger partial charge in [0, 0.05) is 37.3 Å². The molecule has 1 amide bonds. The van der Waals surface area contributed by atoms with Crippen LogP contribution in [0.1, 0.15) is 41.0 Å². The Morgan fingerprint density at radius 3 is 2.96 bits per heavy atom. The lowest BCUT2D eigenvalue weighted by molar-refractivity contribution is 0.0790. The zero-order valence-electron chi connectivity index (χ0n) is 14.6. The van der Waals surface area contributed by atoms with Crippen molar-refractivity contribution in [3.05, 3.63) is 59.5 Å². The molecular weight excluding hydrogens is 312 g/mol. The molecule has 5 heteroatoms. The molecule has 25 heavy (non-hydrogen) atoms. The van der Waals surface area contributed by atoms with E-state index in [9.17, 15) is 4.79 Å². The standard InChI is InChI=1S/C20H22N4O/c1-3-24-18(22-17-8-5-10-21-19(17)24)16-9-11-23(13-16)20(25)15-7-4-6-14(2)12-15/h4-8,10,12,16H,3,9,11,13H2,1-2H3/t16-/m1/s1. The van der Waals surface area contributed by atoms with Crippen molar-refractivity contribution in [3.63, 3.8) is 0 Å². The molecule has 5 nitrogen and oxygen atoms in total. The Morgan fingerprint density at radius 1 is 1.28 bits per heavy atom. The number of aryl methyl sites for hydroxylation is 2.